The van der Waals surface area contributed by atoms with Gasteiger partial charge in [-0.25, -0.2) is 8.78 Å². The first-order chi connectivity index (χ1) is 5.66. The van der Waals surface area contributed by atoms with E-state index in [1.54, 1.807) is 0 Å². The predicted molar refractivity (Wildman–Crippen MR) is 40.8 cm³/mol. The summed E-state index contributed by atoms with van der Waals surface area (Å²) in [6, 6.07) is 2.02. The molecular weight excluding hydrogens is 234 g/mol. The Morgan fingerprint density at radius 2 is 2.08 bits per heavy atom. The van der Waals surface area contributed by atoms with Gasteiger partial charge in [0.1, 0.15) is 5.82 Å². The van der Waals surface area contributed by atoms with Crippen LogP contribution in [0.5, 0.6) is 5.75 Å². The highest BCUT2D eigenvalue weighted by molar-refractivity contribution is 9.10. The smallest absolute Gasteiger partial charge is 0.298 e. The maximum absolute atomic E-state index is 12.9. The van der Waals surface area contributed by atoms with E-state index >= 15 is 0 Å². The van der Waals surface area contributed by atoms with E-state index in [0.29, 0.717) is 0 Å². The first kappa shape index (κ1) is 9.12. The number of hydrogen-bond acceptors (Lipinski definition) is 2. The Balaban J connectivity index is 3.16. The second-order valence-corrected chi connectivity index (χ2v) is 2.68. The molecular formula is C7H3BrF2O2. The lowest BCUT2D eigenvalue weighted by atomic mass is 10.3. The van der Waals surface area contributed by atoms with Crippen LogP contribution in [0.4, 0.5) is 8.78 Å². The average Bonchev–Trinajstić information content (AvgIpc) is 2.07. The van der Waals surface area contributed by atoms with Crippen molar-refractivity contribution in [1.29, 1.82) is 0 Å². The van der Waals surface area contributed by atoms with Crippen LogP contribution in [0.1, 0.15) is 0 Å². The van der Waals surface area contributed by atoms with Crippen LogP contribution in [0.2, 0.25) is 0 Å². The molecule has 2 nitrogen and oxygen atoms in total. The molecule has 0 radical (unpaired) electrons. The Bertz CT molecular complexity index is 315. The van der Waals surface area contributed by atoms with E-state index in [2.05, 4.69) is 20.7 Å². The first-order valence-electron chi connectivity index (χ1n) is 2.90. The lowest BCUT2D eigenvalue weighted by molar-refractivity contribution is -0.120. The summed E-state index contributed by atoms with van der Waals surface area (Å²) in [6.07, 6.45) is 0. The van der Waals surface area contributed by atoms with Crippen molar-refractivity contribution in [3.8, 4) is 5.75 Å². The topological polar surface area (TPSA) is 26.3 Å². The summed E-state index contributed by atoms with van der Waals surface area (Å²) in [5.74, 6) is -1.98. The fraction of sp³-hybridized carbons (Fsp3) is 0. The first-order valence-corrected chi connectivity index (χ1v) is 3.70. The summed E-state index contributed by atoms with van der Waals surface area (Å²) < 4.78 is 29.3. The quantitative estimate of drug-likeness (QED) is 0.582. The Morgan fingerprint density at radius 3 is 2.67 bits per heavy atom. The van der Waals surface area contributed by atoms with Gasteiger partial charge in [0.2, 0.25) is 0 Å². The minimum absolute atomic E-state index is 0.0722. The lowest BCUT2D eigenvalue weighted by Gasteiger charge is -2.01. The van der Waals surface area contributed by atoms with Crippen molar-refractivity contribution in [1.82, 2.24) is 0 Å². The number of carbonyl (C=O) groups is 1. The predicted octanol–water partition coefficient (Wildman–Crippen LogP) is 2.26. The van der Waals surface area contributed by atoms with Crippen molar-refractivity contribution in [3.63, 3.8) is 0 Å². The van der Waals surface area contributed by atoms with Crippen LogP contribution in [0.3, 0.4) is 0 Å². The van der Waals surface area contributed by atoms with E-state index in [4.69, 9.17) is 0 Å². The highest BCUT2D eigenvalue weighted by atomic mass is 79.9. The SMILES string of the molecule is O=COc1ccc(F)c(Br)c1F. The van der Waals surface area contributed by atoms with Crippen LogP contribution in [-0.2, 0) is 4.79 Å². The Kier molecular flexibility index (Phi) is 2.75. The molecule has 0 N–H and O–H groups in total. The molecule has 0 saturated carbocycles. The molecule has 5 heteroatoms. The molecule has 0 unspecified atom stereocenters. The van der Waals surface area contributed by atoms with E-state index in [9.17, 15) is 13.6 Å². The van der Waals surface area contributed by atoms with Crippen molar-refractivity contribution < 1.29 is 18.3 Å². The molecule has 0 aliphatic rings. The van der Waals surface area contributed by atoms with Crippen LogP contribution in [-0.4, -0.2) is 6.47 Å². The van der Waals surface area contributed by atoms with E-state index in [1.807, 2.05) is 0 Å². The Morgan fingerprint density at radius 1 is 1.42 bits per heavy atom. The van der Waals surface area contributed by atoms with E-state index in [-0.39, 0.29) is 16.7 Å². The molecule has 0 aliphatic heterocycles. The van der Waals surface area contributed by atoms with Crippen molar-refractivity contribution >= 4 is 22.4 Å². The van der Waals surface area contributed by atoms with Crippen molar-refractivity contribution in [2.75, 3.05) is 0 Å². The second-order valence-electron chi connectivity index (χ2n) is 1.89. The second kappa shape index (κ2) is 3.62. The lowest BCUT2D eigenvalue weighted by Crippen LogP contribution is -1.94. The molecule has 0 aromatic heterocycles. The zero-order valence-electron chi connectivity index (χ0n) is 5.68. The van der Waals surface area contributed by atoms with E-state index < -0.39 is 11.6 Å². The number of ether oxygens (including phenoxy) is 1. The third-order valence-electron chi connectivity index (χ3n) is 1.17. The molecule has 12 heavy (non-hydrogen) atoms. The molecule has 1 aromatic rings. The van der Waals surface area contributed by atoms with Gasteiger partial charge in [-0.1, -0.05) is 0 Å². The highest BCUT2D eigenvalue weighted by Crippen LogP contribution is 2.26. The maximum atomic E-state index is 12.9. The van der Waals surface area contributed by atoms with Crippen LogP contribution < -0.4 is 4.74 Å². The third kappa shape index (κ3) is 1.61. The van der Waals surface area contributed by atoms with Gasteiger partial charge in [0.15, 0.2) is 11.6 Å². The highest BCUT2D eigenvalue weighted by Gasteiger charge is 2.11. The van der Waals surface area contributed by atoms with Gasteiger partial charge in [-0.2, -0.15) is 0 Å². The fourth-order valence-electron chi connectivity index (χ4n) is 0.651. The minimum atomic E-state index is -0.929. The molecule has 0 spiro atoms. The van der Waals surface area contributed by atoms with Gasteiger partial charge < -0.3 is 4.74 Å². The van der Waals surface area contributed by atoms with Crippen LogP contribution >= 0.6 is 15.9 Å². The number of rotatable bonds is 2. The molecule has 64 valence electrons. The molecule has 0 atom stereocenters. The summed E-state index contributed by atoms with van der Waals surface area (Å²) in [6.45, 7) is 0.0722. The van der Waals surface area contributed by atoms with Crippen LogP contribution in [0, 0.1) is 11.6 Å². The van der Waals surface area contributed by atoms with Crippen LogP contribution in [0.15, 0.2) is 16.6 Å². The van der Waals surface area contributed by atoms with E-state index in [1.165, 1.54) is 0 Å². The van der Waals surface area contributed by atoms with Gasteiger partial charge >= 0.3 is 0 Å². The molecule has 0 fully saturated rings. The monoisotopic (exact) mass is 236 g/mol. The van der Waals surface area contributed by atoms with Gasteiger partial charge in [-0.3, -0.25) is 4.79 Å². The summed E-state index contributed by atoms with van der Waals surface area (Å²) in [7, 11) is 0. The summed E-state index contributed by atoms with van der Waals surface area (Å²) >= 11 is 2.65. The summed E-state index contributed by atoms with van der Waals surface area (Å²) in [4.78, 5) is 9.82. The maximum Gasteiger partial charge on any atom is 0.298 e. The third-order valence-corrected chi connectivity index (χ3v) is 1.90. The normalized spacial score (nSPS) is 9.58. The van der Waals surface area contributed by atoms with Crippen molar-refractivity contribution in [2.24, 2.45) is 0 Å². The minimum Gasteiger partial charge on any atom is -0.426 e. The van der Waals surface area contributed by atoms with Gasteiger partial charge in [0.05, 0.1) is 4.47 Å². The molecule has 0 heterocycles. The van der Waals surface area contributed by atoms with Crippen molar-refractivity contribution in [3.05, 3.63) is 28.2 Å². The molecule has 1 rings (SSSR count). The van der Waals surface area contributed by atoms with E-state index in [0.717, 1.165) is 12.1 Å². The van der Waals surface area contributed by atoms with Gasteiger partial charge in [-0.05, 0) is 28.1 Å². The number of hydrogen-bond donors (Lipinski definition) is 0. The number of halogens is 3. The molecule has 1 aromatic carbocycles. The van der Waals surface area contributed by atoms with Gasteiger partial charge in [0, 0.05) is 0 Å². The molecule has 0 saturated heterocycles. The fourth-order valence-corrected chi connectivity index (χ4v) is 0.979. The van der Waals surface area contributed by atoms with Gasteiger partial charge in [-0.15, -0.1) is 0 Å². The zero-order chi connectivity index (χ0) is 9.14. The number of carbonyl (C=O) groups excluding carboxylic acids is 1. The Labute approximate surface area is 75.3 Å². The van der Waals surface area contributed by atoms with Gasteiger partial charge in [0.25, 0.3) is 6.47 Å². The van der Waals surface area contributed by atoms with Crippen LogP contribution in [0.25, 0.3) is 0 Å². The standard InChI is InChI=1S/C7H3BrF2O2/c8-6-4(9)1-2-5(7(6)10)12-3-11/h1-3H. The van der Waals surface area contributed by atoms with Crippen molar-refractivity contribution in [2.45, 2.75) is 0 Å². The number of benzene rings is 1. The molecule has 0 aliphatic carbocycles. The average molecular weight is 237 g/mol. The Hall–Kier alpha value is -0.970. The molecule has 0 amide bonds. The summed E-state index contributed by atoms with van der Waals surface area (Å²) in [5, 5.41) is 0. The molecule has 0 bridgehead atoms. The largest absolute Gasteiger partial charge is 0.426 e. The zero-order valence-corrected chi connectivity index (χ0v) is 7.27. The summed E-state index contributed by atoms with van der Waals surface area (Å²) in [5.41, 5.74) is 0.